The van der Waals surface area contributed by atoms with Crippen molar-refractivity contribution in [2.45, 2.75) is 91.0 Å². The van der Waals surface area contributed by atoms with E-state index in [-0.39, 0.29) is 35.5 Å². The Balaban J connectivity index is 1.07. The van der Waals surface area contributed by atoms with Crippen LogP contribution in [0, 0.1) is 30.4 Å². The molecule has 0 aliphatic carbocycles. The second-order valence-corrected chi connectivity index (χ2v) is 17.2. The van der Waals surface area contributed by atoms with Crippen LogP contribution < -0.4 is 10.2 Å². The zero-order chi connectivity index (χ0) is 41.8. The van der Waals surface area contributed by atoms with Crippen molar-refractivity contribution in [3.05, 3.63) is 113 Å². The van der Waals surface area contributed by atoms with Crippen LogP contribution in [0.15, 0.2) is 73.1 Å². The van der Waals surface area contributed by atoms with Gasteiger partial charge < -0.3 is 28.7 Å². The Labute approximate surface area is 345 Å². The Kier molecular flexibility index (Phi) is 12.7. The lowest BCUT2D eigenvalue weighted by Crippen LogP contribution is -2.47. The second-order valence-electron chi connectivity index (χ2n) is 17.2. The van der Waals surface area contributed by atoms with E-state index in [0.29, 0.717) is 71.0 Å². The zero-order valence-electron chi connectivity index (χ0n) is 34.8. The Morgan fingerprint density at radius 1 is 0.966 bits per heavy atom. The maximum atomic E-state index is 15.5. The second kappa shape index (κ2) is 17.9. The standard InChI is InChI=1S/C46H56F2N6O5/c1-6-58-43(56)31-15-20-52(21-16-31)41-23-30(2)11-12-34(41)26-53-22-18-49-44(53)50-42(55)39-29-51(28-38(39)37-14-13-35(47)25-40(37)48)19-17-36-24-32-9-7-8-10-33(32)27-54(36)45(57)59-46(3,4)5/h7-14,18,22-23,25,31,36,38-39H,6,15-17,19-21,24,26-29H2,1-5H3,(H,49,50,55)/t36-,38-,39+/m0/s1. The Morgan fingerprint density at radius 3 is 2.46 bits per heavy atom. The summed E-state index contributed by atoms with van der Waals surface area (Å²) in [6.07, 6.45) is 5.81. The SMILES string of the molecule is CCOC(=O)C1CCN(c2cc(C)ccc2Cn2ccnc2NC(=O)[C@@H]2CN(CC[C@H]3Cc4ccccc4CN3C(=O)OC(C)(C)C)C[C@H]2c2ccc(F)cc2F)CC1. The molecule has 3 atom stereocenters. The number of hydrogen-bond donors (Lipinski definition) is 1. The quantitative estimate of drug-likeness (QED) is 0.154. The fourth-order valence-electron chi connectivity index (χ4n) is 8.83. The lowest BCUT2D eigenvalue weighted by molar-refractivity contribution is -0.148. The first kappa shape index (κ1) is 41.8. The number of carbonyl (C=O) groups excluding carboxylic acids is 3. The molecule has 2 saturated heterocycles. The van der Waals surface area contributed by atoms with Crippen LogP contribution in [0.5, 0.6) is 0 Å². The number of piperidine rings is 1. The van der Waals surface area contributed by atoms with Crippen molar-refractivity contribution in [1.82, 2.24) is 19.4 Å². The summed E-state index contributed by atoms with van der Waals surface area (Å²) in [4.78, 5) is 51.0. The van der Waals surface area contributed by atoms with Crippen LogP contribution in [0.25, 0.3) is 0 Å². The van der Waals surface area contributed by atoms with Gasteiger partial charge in [-0.25, -0.2) is 18.6 Å². The van der Waals surface area contributed by atoms with E-state index in [1.165, 1.54) is 17.7 Å². The molecule has 11 nitrogen and oxygen atoms in total. The van der Waals surface area contributed by atoms with Gasteiger partial charge in [-0.1, -0.05) is 42.5 Å². The molecule has 7 rings (SSSR count). The summed E-state index contributed by atoms with van der Waals surface area (Å²) in [7, 11) is 0. The molecule has 3 aliphatic rings. The number of ether oxygens (including phenoxy) is 2. The van der Waals surface area contributed by atoms with E-state index in [1.54, 1.807) is 11.1 Å². The maximum absolute atomic E-state index is 15.5. The van der Waals surface area contributed by atoms with Gasteiger partial charge in [0.05, 0.1) is 25.0 Å². The summed E-state index contributed by atoms with van der Waals surface area (Å²) in [6.45, 7) is 13.4. The van der Waals surface area contributed by atoms with Crippen LogP contribution in [0.2, 0.25) is 0 Å². The van der Waals surface area contributed by atoms with Gasteiger partial charge in [-0.05, 0) is 100 Å². The van der Waals surface area contributed by atoms with Crippen molar-refractivity contribution in [1.29, 1.82) is 0 Å². The molecule has 4 heterocycles. The Hall–Kier alpha value is -5.30. The lowest BCUT2D eigenvalue weighted by Gasteiger charge is -2.38. The first-order chi connectivity index (χ1) is 28.3. The highest BCUT2D eigenvalue weighted by atomic mass is 19.1. The molecule has 0 radical (unpaired) electrons. The minimum Gasteiger partial charge on any atom is -0.466 e. The predicted octanol–water partition coefficient (Wildman–Crippen LogP) is 7.70. The summed E-state index contributed by atoms with van der Waals surface area (Å²) in [5, 5.41) is 3.06. The van der Waals surface area contributed by atoms with Gasteiger partial charge in [-0.2, -0.15) is 0 Å². The topological polar surface area (TPSA) is 109 Å². The number of nitrogens with zero attached hydrogens (tertiary/aromatic N) is 5. The molecule has 2 amide bonds. The van der Waals surface area contributed by atoms with Gasteiger partial charge in [0.2, 0.25) is 11.9 Å². The molecular formula is C46H56F2N6O5. The molecule has 0 spiro atoms. The molecule has 2 fully saturated rings. The van der Waals surface area contributed by atoms with E-state index in [9.17, 15) is 18.8 Å². The van der Waals surface area contributed by atoms with Gasteiger partial charge in [-0.15, -0.1) is 0 Å². The molecule has 3 aromatic carbocycles. The van der Waals surface area contributed by atoms with Gasteiger partial charge in [0, 0.05) is 75.4 Å². The van der Waals surface area contributed by atoms with Crippen LogP contribution in [0.3, 0.4) is 0 Å². The van der Waals surface area contributed by atoms with Gasteiger partial charge in [0.15, 0.2) is 0 Å². The number of hydrogen-bond acceptors (Lipinski definition) is 8. The molecular weight excluding hydrogens is 755 g/mol. The first-order valence-corrected chi connectivity index (χ1v) is 20.8. The van der Waals surface area contributed by atoms with Crippen LogP contribution in [-0.2, 0) is 38.6 Å². The fraction of sp³-hybridized carbons (Fsp3) is 0.478. The number of nitrogens with one attached hydrogen (secondary N) is 1. The molecule has 1 aromatic heterocycles. The van der Waals surface area contributed by atoms with Crippen molar-refractivity contribution < 1.29 is 32.6 Å². The third-order valence-electron chi connectivity index (χ3n) is 11.8. The summed E-state index contributed by atoms with van der Waals surface area (Å²) in [5.74, 6) is -2.75. The van der Waals surface area contributed by atoms with Crippen LogP contribution in [0.4, 0.5) is 25.2 Å². The number of aryl methyl sites for hydroxylation is 1. The van der Waals surface area contributed by atoms with E-state index in [4.69, 9.17) is 9.47 Å². The number of anilines is 2. The van der Waals surface area contributed by atoms with Gasteiger partial charge in [-0.3, -0.25) is 14.9 Å². The fourth-order valence-corrected chi connectivity index (χ4v) is 8.83. The number of fused-ring (bicyclic) bond motifs is 1. The number of amides is 2. The Morgan fingerprint density at radius 2 is 1.73 bits per heavy atom. The predicted molar refractivity (Wildman–Crippen MR) is 222 cm³/mol. The molecule has 13 heteroatoms. The number of halogens is 2. The van der Waals surface area contributed by atoms with Crippen LogP contribution in [0.1, 0.15) is 80.7 Å². The highest BCUT2D eigenvalue weighted by Gasteiger charge is 2.41. The monoisotopic (exact) mass is 810 g/mol. The van der Waals surface area contributed by atoms with E-state index in [2.05, 4.69) is 51.3 Å². The van der Waals surface area contributed by atoms with Gasteiger partial charge >= 0.3 is 12.1 Å². The van der Waals surface area contributed by atoms with E-state index < -0.39 is 29.1 Å². The summed E-state index contributed by atoms with van der Waals surface area (Å²) >= 11 is 0. The van der Waals surface area contributed by atoms with Crippen molar-refractivity contribution in [3.63, 3.8) is 0 Å². The largest absolute Gasteiger partial charge is 0.466 e. The average Bonchev–Trinajstić information content (AvgIpc) is 3.83. The highest BCUT2D eigenvalue weighted by molar-refractivity contribution is 5.92. The van der Waals surface area contributed by atoms with Crippen LogP contribution in [-0.4, -0.2) is 88.3 Å². The third-order valence-corrected chi connectivity index (χ3v) is 11.8. The molecule has 1 N–H and O–H groups in total. The van der Waals surface area contributed by atoms with Gasteiger partial charge in [0.1, 0.15) is 17.2 Å². The van der Waals surface area contributed by atoms with Crippen molar-refractivity contribution in [2.24, 2.45) is 11.8 Å². The van der Waals surface area contributed by atoms with E-state index in [1.807, 2.05) is 56.7 Å². The summed E-state index contributed by atoms with van der Waals surface area (Å²) < 4.78 is 42.6. The van der Waals surface area contributed by atoms with E-state index in [0.717, 1.165) is 41.5 Å². The molecule has 314 valence electrons. The first-order valence-electron chi connectivity index (χ1n) is 20.8. The number of imidazole rings is 1. The Bertz CT molecular complexity index is 2140. The number of carbonyl (C=O) groups is 3. The summed E-state index contributed by atoms with van der Waals surface area (Å²) in [6, 6.07) is 17.8. The van der Waals surface area contributed by atoms with Crippen molar-refractivity contribution in [2.75, 3.05) is 49.5 Å². The van der Waals surface area contributed by atoms with Crippen molar-refractivity contribution in [3.8, 4) is 0 Å². The zero-order valence-corrected chi connectivity index (χ0v) is 34.8. The minimum atomic E-state index is -0.686. The molecule has 0 unspecified atom stereocenters. The number of likely N-dealkylation sites (tertiary alicyclic amines) is 1. The molecule has 4 aromatic rings. The van der Waals surface area contributed by atoms with E-state index >= 15 is 4.39 Å². The maximum Gasteiger partial charge on any atom is 0.410 e. The minimum absolute atomic E-state index is 0.106. The normalized spacial score (nSPS) is 20.0. The smallest absolute Gasteiger partial charge is 0.410 e. The lowest BCUT2D eigenvalue weighted by atomic mass is 9.88. The number of benzene rings is 3. The van der Waals surface area contributed by atoms with Crippen LogP contribution >= 0.6 is 0 Å². The molecule has 3 aliphatic heterocycles. The molecule has 0 saturated carbocycles. The number of esters is 1. The van der Waals surface area contributed by atoms with Crippen molar-refractivity contribution >= 4 is 29.6 Å². The molecule has 59 heavy (non-hydrogen) atoms. The molecule has 0 bridgehead atoms. The third kappa shape index (κ3) is 9.95. The van der Waals surface area contributed by atoms with Gasteiger partial charge in [0.25, 0.3) is 0 Å². The number of aromatic nitrogens is 2. The average molecular weight is 811 g/mol. The number of rotatable bonds is 11. The summed E-state index contributed by atoms with van der Waals surface area (Å²) in [5.41, 5.74) is 5.15. The highest BCUT2D eigenvalue weighted by Crippen LogP contribution is 2.37.